The molecule has 3 atom stereocenters. The Morgan fingerprint density at radius 3 is 2.21 bits per heavy atom. The monoisotopic (exact) mass is 335 g/mol. The van der Waals surface area contributed by atoms with Gasteiger partial charge in [-0.1, -0.05) is 44.2 Å². The van der Waals surface area contributed by atoms with Crippen molar-refractivity contribution in [3.05, 3.63) is 35.9 Å². The normalized spacial score (nSPS) is 15.5. The zero-order chi connectivity index (χ0) is 18.3. The molecule has 0 aromatic heterocycles. The first kappa shape index (κ1) is 20.5. The number of rotatable bonds is 7. The van der Waals surface area contributed by atoms with Crippen LogP contribution < -0.4 is 0 Å². The number of hydrogen-bond donors (Lipinski definition) is 1. The van der Waals surface area contributed by atoms with E-state index in [1.807, 2.05) is 65.0 Å². The minimum absolute atomic E-state index is 0.0621. The summed E-state index contributed by atoms with van der Waals surface area (Å²) in [6.45, 7) is 12.6. The highest BCUT2D eigenvalue weighted by molar-refractivity contribution is 5.68. The van der Waals surface area contributed by atoms with E-state index in [0.29, 0.717) is 6.54 Å². The molecule has 0 aliphatic heterocycles. The molecular formula is C20H33NO3. The van der Waals surface area contributed by atoms with Gasteiger partial charge in [0, 0.05) is 13.2 Å². The highest BCUT2D eigenvalue weighted by Crippen LogP contribution is 2.25. The topological polar surface area (TPSA) is 49.8 Å². The van der Waals surface area contributed by atoms with Crippen LogP contribution in [0.25, 0.3) is 0 Å². The Morgan fingerprint density at radius 1 is 1.12 bits per heavy atom. The fourth-order valence-electron chi connectivity index (χ4n) is 2.79. The summed E-state index contributed by atoms with van der Waals surface area (Å²) in [5.41, 5.74) is 0.568. The molecule has 0 spiro atoms. The lowest BCUT2D eigenvalue weighted by molar-refractivity contribution is 0.0132. The van der Waals surface area contributed by atoms with Crippen molar-refractivity contribution in [1.29, 1.82) is 0 Å². The van der Waals surface area contributed by atoms with Gasteiger partial charge in [-0.05, 0) is 51.5 Å². The molecule has 136 valence electrons. The summed E-state index contributed by atoms with van der Waals surface area (Å²) >= 11 is 0. The molecule has 1 N–H and O–H groups in total. The molecule has 24 heavy (non-hydrogen) atoms. The minimum atomic E-state index is -0.520. The Kier molecular flexibility index (Phi) is 7.74. The average Bonchev–Trinajstić information content (AvgIpc) is 2.50. The van der Waals surface area contributed by atoms with Crippen LogP contribution in [0.3, 0.4) is 0 Å². The Hall–Kier alpha value is -1.55. The molecule has 0 radical (unpaired) electrons. The Morgan fingerprint density at radius 2 is 1.71 bits per heavy atom. The van der Waals surface area contributed by atoms with Gasteiger partial charge in [-0.2, -0.15) is 0 Å². The zero-order valence-corrected chi connectivity index (χ0v) is 16.0. The molecule has 0 saturated heterocycles. The SMILES string of the molecule is C[C@@H](CO)C[C@H](C)CN(C(=O)OC(C)(C)C)[C@H](C)c1ccccc1. The van der Waals surface area contributed by atoms with Crippen LogP contribution in [0.2, 0.25) is 0 Å². The number of aliphatic hydroxyl groups is 1. The van der Waals surface area contributed by atoms with Crippen molar-refractivity contribution in [3.8, 4) is 0 Å². The van der Waals surface area contributed by atoms with Gasteiger partial charge in [0.2, 0.25) is 0 Å². The van der Waals surface area contributed by atoms with Crippen LogP contribution in [-0.2, 0) is 4.74 Å². The van der Waals surface area contributed by atoms with E-state index in [1.165, 1.54) is 0 Å². The van der Waals surface area contributed by atoms with E-state index in [1.54, 1.807) is 4.90 Å². The number of hydrogen-bond acceptors (Lipinski definition) is 3. The van der Waals surface area contributed by atoms with Crippen LogP contribution in [-0.4, -0.2) is 34.9 Å². The van der Waals surface area contributed by atoms with Crippen molar-refractivity contribution in [2.24, 2.45) is 11.8 Å². The Bertz CT molecular complexity index is 495. The van der Waals surface area contributed by atoms with Crippen molar-refractivity contribution < 1.29 is 14.6 Å². The maximum absolute atomic E-state index is 12.7. The molecule has 4 nitrogen and oxygen atoms in total. The molecule has 4 heteroatoms. The molecule has 0 unspecified atom stereocenters. The largest absolute Gasteiger partial charge is 0.444 e. The lowest BCUT2D eigenvalue weighted by Crippen LogP contribution is -2.41. The Labute approximate surface area is 146 Å². The average molecular weight is 335 g/mol. The first-order valence-electron chi connectivity index (χ1n) is 8.79. The summed E-state index contributed by atoms with van der Waals surface area (Å²) in [6, 6.07) is 9.94. The lowest BCUT2D eigenvalue weighted by atomic mass is 9.96. The van der Waals surface area contributed by atoms with Crippen molar-refractivity contribution in [1.82, 2.24) is 4.90 Å². The molecular weight excluding hydrogens is 302 g/mol. The maximum Gasteiger partial charge on any atom is 0.410 e. The fraction of sp³-hybridized carbons (Fsp3) is 0.650. The van der Waals surface area contributed by atoms with E-state index in [2.05, 4.69) is 6.92 Å². The van der Waals surface area contributed by atoms with Crippen LogP contribution in [0.5, 0.6) is 0 Å². The minimum Gasteiger partial charge on any atom is -0.444 e. The van der Waals surface area contributed by atoms with E-state index >= 15 is 0 Å². The second-order valence-electron chi connectivity index (χ2n) is 7.85. The third-order valence-corrected chi connectivity index (χ3v) is 4.00. The predicted octanol–water partition coefficient (Wildman–Crippen LogP) is 4.64. The summed E-state index contributed by atoms with van der Waals surface area (Å²) in [6.07, 6.45) is 0.583. The van der Waals surface area contributed by atoms with Gasteiger partial charge in [-0.15, -0.1) is 0 Å². The molecule has 0 aliphatic carbocycles. The smallest absolute Gasteiger partial charge is 0.410 e. The molecule has 1 aromatic rings. The summed E-state index contributed by atoms with van der Waals surface area (Å²) in [5, 5.41) is 9.26. The van der Waals surface area contributed by atoms with E-state index in [0.717, 1.165) is 12.0 Å². The number of ether oxygens (including phenoxy) is 1. The molecule has 0 heterocycles. The second kappa shape index (κ2) is 9.07. The summed E-state index contributed by atoms with van der Waals surface area (Å²) < 4.78 is 5.61. The number of amides is 1. The van der Waals surface area contributed by atoms with Crippen molar-refractivity contribution in [3.63, 3.8) is 0 Å². The maximum atomic E-state index is 12.7. The number of carbonyl (C=O) groups excluding carboxylic acids is 1. The first-order chi connectivity index (χ1) is 11.1. The number of carbonyl (C=O) groups is 1. The van der Waals surface area contributed by atoms with Gasteiger partial charge in [0.1, 0.15) is 5.60 Å². The van der Waals surface area contributed by atoms with E-state index in [4.69, 9.17) is 4.74 Å². The van der Waals surface area contributed by atoms with Gasteiger partial charge >= 0.3 is 6.09 Å². The summed E-state index contributed by atoms with van der Waals surface area (Å²) in [4.78, 5) is 14.5. The molecule has 1 aromatic carbocycles. The van der Waals surface area contributed by atoms with Crippen molar-refractivity contribution in [2.75, 3.05) is 13.2 Å². The lowest BCUT2D eigenvalue weighted by Gasteiger charge is -2.34. The van der Waals surface area contributed by atoms with Gasteiger partial charge in [-0.3, -0.25) is 0 Å². The van der Waals surface area contributed by atoms with E-state index < -0.39 is 5.60 Å². The molecule has 0 saturated carbocycles. The first-order valence-corrected chi connectivity index (χ1v) is 8.79. The van der Waals surface area contributed by atoms with Gasteiger partial charge in [0.25, 0.3) is 0 Å². The predicted molar refractivity (Wildman–Crippen MR) is 97.8 cm³/mol. The highest BCUT2D eigenvalue weighted by atomic mass is 16.6. The highest BCUT2D eigenvalue weighted by Gasteiger charge is 2.28. The number of benzene rings is 1. The molecule has 1 rings (SSSR count). The second-order valence-corrected chi connectivity index (χ2v) is 7.85. The zero-order valence-electron chi connectivity index (χ0n) is 16.0. The van der Waals surface area contributed by atoms with Crippen LogP contribution in [0, 0.1) is 11.8 Å². The van der Waals surface area contributed by atoms with Gasteiger partial charge < -0.3 is 14.7 Å². The quantitative estimate of drug-likeness (QED) is 0.790. The summed E-state index contributed by atoms with van der Waals surface area (Å²) in [7, 11) is 0. The van der Waals surface area contributed by atoms with Crippen LogP contribution in [0.4, 0.5) is 4.79 Å². The molecule has 0 bridgehead atoms. The molecule has 1 amide bonds. The van der Waals surface area contributed by atoms with Crippen molar-refractivity contribution in [2.45, 2.75) is 59.6 Å². The van der Waals surface area contributed by atoms with Gasteiger partial charge in [0.05, 0.1) is 6.04 Å². The van der Waals surface area contributed by atoms with Gasteiger partial charge in [0.15, 0.2) is 0 Å². The van der Waals surface area contributed by atoms with Crippen molar-refractivity contribution >= 4 is 6.09 Å². The summed E-state index contributed by atoms with van der Waals surface area (Å²) in [5.74, 6) is 0.512. The third kappa shape index (κ3) is 6.91. The number of nitrogens with zero attached hydrogens (tertiary/aromatic N) is 1. The molecule has 0 aliphatic rings. The fourth-order valence-corrected chi connectivity index (χ4v) is 2.79. The number of aliphatic hydroxyl groups excluding tert-OH is 1. The van der Waals surface area contributed by atoms with Gasteiger partial charge in [-0.25, -0.2) is 4.79 Å². The van der Waals surface area contributed by atoms with Crippen LogP contribution in [0.15, 0.2) is 30.3 Å². The molecule has 0 fully saturated rings. The van der Waals surface area contributed by atoms with E-state index in [9.17, 15) is 9.90 Å². The Balaban J connectivity index is 2.92. The van der Waals surface area contributed by atoms with E-state index in [-0.39, 0.29) is 30.6 Å². The van der Waals surface area contributed by atoms with Crippen LogP contribution in [0.1, 0.15) is 59.6 Å². The standard InChI is InChI=1S/C20H33NO3/c1-15(12-16(2)14-22)13-21(19(23)24-20(4,5)6)17(3)18-10-8-7-9-11-18/h7-11,15-17,22H,12-14H2,1-6H3/t15-,16+,17+/m0/s1. The van der Waals surface area contributed by atoms with Crippen LogP contribution >= 0.6 is 0 Å². The third-order valence-electron chi connectivity index (χ3n) is 4.00.